The smallest absolute Gasteiger partial charge is 0.315 e. The number of hydrogen-bond acceptors (Lipinski definition) is 5. The van der Waals surface area contributed by atoms with Gasteiger partial charge >= 0.3 is 5.97 Å². The molecule has 1 N–H and O–H groups in total. The maximum absolute atomic E-state index is 14.2. The van der Waals surface area contributed by atoms with Crippen molar-refractivity contribution in [3.05, 3.63) is 75.5 Å². The van der Waals surface area contributed by atoms with Gasteiger partial charge in [-0.25, -0.2) is 0 Å². The van der Waals surface area contributed by atoms with E-state index in [2.05, 4.69) is 32.9 Å². The molecule has 0 aromatic heterocycles. The highest BCUT2D eigenvalue weighted by Crippen LogP contribution is 2.50. The van der Waals surface area contributed by atoms with Gasteiger partial charge in [0.2, 0.25) is 0 Å². The number of allylic oxidation sites excluding steroid dienone is 2. The van der Waals surface area contributed by atoms with Gasteiger partial charge < -0.3 is 9.84 Å². The number of phenolic OH excluding ortho intramolecular Hbond substituents is 1. The summed E-state index contributed by atoms with van der Waals surface area (Å²) in [5.74, 6) is -0.894. The predicted octanol–water partition coefficient (Wildman–Crippen LogP) is 7.55. The Balaban J connectivity index is 1.48. The summed E-state index contributed by atoms with van der Waals surface area (Å²) in [5, 5.41) is 10.5. The molecule has 0 spiro atoms. The van der Waals surface area contributed by atoms with Crippen molar-refractivity contribution >= 4 is 17.5 Å². The normalized spacial score (nSPS) is 25.7. The summed E-state index contributed by atoms with van der Waals surface area (Å²) in [6.07, 6.45) is 9.24. The topological polar surface area (TPSA) is 76.0 Å². The Morgan fingerprint density at radius 3 is 2.25 bits per heavy atom. The summed E-state index contributed by atoms with van der Waals surface area (Å²) in [5.41, 5.74) is 8.10. The monoisotopic (exact) mass is 539 g/mol. The molecule has 2 aromatic carbocycles. The van der Waals surface area contributed by atoms with Crippen molar-refractivity contribution in [3.8, 4) is 5.75 Å². The number of hydrogen-bond donors (Lipinski definition) is 1. The summed E-state index contributed by atoms with van der Waals surface area (Å²) in [7, 11) is 0. The SMILES string of the molecule is Cc1cc(C)c(C2CC(=O)C3=C(C2)N=C(C2CCCC2)C(C(=O)OC2CCCC2)C3c2cccc(O)c2)c(C)c1. The highest BCUT2D eigenvalue weighted by Gasteiger charge is 2.48. The van der Waals surface area contributed by atoms with Gasteiger partial charge in [-0.3, -0.25) is 14.6 Å². The van der Waals surface area contributed by atoms with Crippen LogP contribution in [0.25, 0.3) is 0 Å². The van der Waals surface area contributed by atoms with E-state index in [-0.39, 0.29) is 35.4 Å². The molecule has 6 rings (SSSR count). The standard InChI is InChI=1S/C35H41NO4/c1-20-15-21(2)30(22(3)16-20)25-18-28-32(29(38)19-25)31(24-11-8-12-26(37)17-24)33(34(36-28)23-9-4-5-10-23)35(39)40-27-13-6-7-14-27/h8,11-12,15-17,23,25,27,31,33,37H,4-7,9-10,13-14,18-19H2,1-3H3. The minimum atomic E-state index is -0.632. The summed E-state index contributed by atoms with van der Waals surface area (Å²) < 4.78 is 6.15. The van der Waals surface area contributed by atoms with Crippen LogP contribution in [-0.2, 0) is 14.3 Å². The van der Waals surface area contributed by atoms with Gasteiger partial charge in [-0.2, -0.15) is 0 Å². The third kappa shape index (κ3) is 5.04. The number of nitrogens with zero attached hydrogens (tertiary/aromatic N) is 1. The molecule has 0 bridgehead atoms. The molecule has 3 unspecified atom stereocenters. The van der Waals surface area contributed by atoms with Crippen molar-refractivity contribution in [2.75, 3.05) is 0 Å². The van der Waals surface area contributed by atoms with Gasteiger partial charge in [-0.05, 0) is 112 Å². The zero-order valence-corrected chi connectivity index (χ0v) is 24.0. The largest absolute Gasteiger partial charge is 0.508 e. The summed E-state index contributed by atoms with van der Waals surface area (Å²) >= 11 is 0. The summed E-state index contributed by atoms with van der Waals surface area (Å²) in [6.45, 7) is 6.39. The lowest BCUT2D eigenvalue weighted by atomic mass is 9.67. The first kappa shape index (κ1) is 27.0. The number of phenols is 1. The van der Waals surface area contributed by atoms with Crippen LogP contribution in [0, 0.1) is 32.6 Å². The van der Waals surface area contributed by atoms with Crippen LogP contribution in [0.5, 0.6) is 5.75 Å². The third-order valence-electron chi connectivity index (χ3n) is 9.70. The number of rotatable bonds is 5. The number of ketones is 1. The van der Waals surface area contributed by atoms with Crippen LogP contribution >= 0.6 is 0 Å². The number of esters is 1. The minimum absolute atomic E-state index is 0.0588. The molecule has 2 fully saturated rings. The molecule has 2 saturated carbocycles. The van der Waals surface area contributed by atoms with Gasteiger partial charge in [-0.15, -0.1) is 0 Å². The molecule has 0 radical (unpaired) electrons. The van der Waals surface area contributed by atoms with Crippen molar-refractivity contribution in [3.63, 3.8) is 0 Å². The number of aliphatic imine (C=N–C) groups is 1. The molecule has 2 aromatic rings. The van der Waals surface area contributed by atoms with Gasteiger partial charge in [0.15, 0.2) is 5.78 Å². The number of Topliss-reactive ketones (excluding diaryl/α,β-unsaturated/α-hetero) is 1. The van der Waals surface area contributed by atoms with Crippen LogP contribution < -0.4 is 0 Å². The van der Waals surface area contributed by atoms with Crippen molar-refractivity contribution in [2.24, 2.45) is 16.8 Å². The van der Waals surface area contributed by atoms with Crippen LogP contribution in [0.15, 0.2) is 52.7 Å². The molecule has 1 aliphatic heterocycles. The first-order chi connectivity index (χ1) is 19.3. The van der Waals surface area contributed by atoms with Crippen molar-refractivity contribution in [1.82, 2.24) is 0 Å². The number of aromatic hydroxyl groups is 1. The van der Waals surface area contributed by atoms with E-state index in [9.17, 15) is 14.7 Å². The molecule has 40 heavy (non-hydrogen) atoms. The molecule has 0 amide bonds. The Kier molecular flexibility index (Phi) is 7.41. The maximum atomic E-state index is 14.2. The molecule has 0 saturated heterocycles. The van der Waals surface area contributed by atoms with Crippen molar-refractivity contribution in [1.29, 1.82) is 0 Å². The molecule has 4 aliphatic rings. The van der Waals surface area contributed by atoms with Gasteiger partial charge in [0, 0.05) is 29.3 Å². The van der Waals surface area contributed by atoms with E-state index in [1.807, 2.05) is 6.07 Å². The fraction of sp³-hybridized carbons (Fsp3) is 0.514. The van der Waals surface area contributed by atoms with Crippen molar-refractivity contribution < 1.29 is 19.4 Å². The molecule has 5 heteroatoms. The number of benzene rings is 2. The highest BCUT2D eigenvalue weighted by atomic mass is 16.5. The fourth-order valence-electron chi connectivity index (χ4n) is 8.12. The Morgan fingerprint density at radius 2 is 1.57 bits per heavy atom. The third-order valence-corrected chi connectivity index (χ3v) is 9.70. The fourth-order valence-corrected chi connectivity index (χ4v) is 8.12. The van der Waals surface area contributed by atoms with E-state index in [1.54, 1.807) is 18.2 Å². The Bertz CT molecular complexity index is 1370. The van der Waals surface area contributed by atoms with Gasteiger partial charge in [0.05, 0.1) is 0 Å². The molecule has 3 atom stereocenters. The highest BCUT2D eigenvalue weighted by molar-refractivity contribution is 6.10. The van der Waals surface area contributed by atoms with Crippen molar-refractivity contribution in [2.45, 2.75) is 103 Å². The number of carbonyl (C=O) groups is 2. The molecule has 1 heterocycles. The zero-order chi connectivity index (χ0) is 28.0. The zero-order valence-electron chi connectivity index (χ0n) is 24.0. The van der Waals surface area contributed by atoms with Crippen LogP contribution in [-0.4, -0.2) is 28.7 Å². The maximum Gasteiger partial charge on any atom is 0.315 e. The Hall–Kier alpha value is -3.21. The van der Waals surface area contributed by atoms with Crippen LogP contribution in [0.3, 0.4) is 0 Å². The Morgan fingerprint density at radius 1 is 0.900 bits per heavy atom. The Labute approximate surface area is 237 Å². The van der Waals surface area contributed by atoms with E-state index in [0.717, 1.165) is 68.3 Å². The lowest BCUT2D eigenvalue weighted by Crippen LogP contribution is -2.42. The molecule has 210 valence electrons. The van der Waals surface area contributed by atoms with E-state index in [4.69, 9.17) is 9.73 Å². The first-order valence-corrected chi connectivity index (χ1v) is 15.2. The van der Waals surface area contributed by atoms with E-state index >= 15 is 0 Å². The lowest BCUT2D eigenvalue weighted by molar-refractivity contribution is -0.151. The molecule has 3 aliphatic carbocycles. The van der Waals surface area contributed by atoms with Gasteiger partial charge in [-0.1, -0.05) is 42.7 Å². The molecular formula is C35H41NO4. The van der Waals surface area contributed by atoms with E-state index in [1.165, 1.54) is 22.3 Å². The van der Waals surface area contributed by atoms with Gasteiger partial charge in [0.25, 0.3) is 0 Å². The summed E-state index contributed by atoms with van der Waals surface area (Å²) in [4.78, 5) is 33.5. The second-order valence-corrected chi connectivity index (χ2v) is 12.6. The number of aryl methyl sites for hydroxylation is 3. The summed E-state index contributed by atoms with van der Waals surface area (Å²) in [6, 6.07) is 11.5. The number of carbonyl (C=O) groups excluding carboxylic acids is 2. The first-order valence-electron chi connectivity index (χ1n) is 15.2. The number of ether oxygens (including phenoxy) is 1. The lowest BCUT2D eigenvalue weighted by Gasteiger charge is -2.39. The average molecular weight is 540 g/mol. The van der Waals surface area contributed by atoms with Crippen LogP contribution in [0.4, 0.5) is 0 Å². The van der Waals surface area contributed by atoms with Gasteiger partial charge in [0.1, 0.15) is 17.8 Å². The van der Waals surface area contributed by atoms with Crippen LogP contribution in [0.2, 0.25) is 0 Å². The minimum Gasteiger partial charge on any atom is -0.508 e. The molecular weight excluding hydrogens is 498 g/mol. The second-order valence-electron chi connectivity index (χ2n) is 12.6. The molecule has 5 nitrogen and oxygen atoms in total. The quantitative estimate of drug-likeness (QED) is 0.398. The average Bonchev–Trinajstić information content (AvgIpc) is 3.62. The second kappa shape index (κ2) is 11.0. The van der Waals surface area contributed by atoms with Crippen LogP contribution in [0.1, 0.15) is 104 Å². The predicted molar refractivity (Wildman–Crippen MR) is 157 cm³/mol. The van der Waals surface area contributed by atoms with E-state index < -0.39 is 11.8 Å². The van der Waals surface area contributed by atoms with E-state index in [0.29, 0.717) is 18.4 Å².